The van der Waals surface area contributed by atoms with Crippen LogP contribution in [0.2, 0.25) is 0 Å². The van der Waals surface area contributed by atoms with Crippen LogP contribution in [0.15, 0.2) is 48.5 Å². The number of benzene rings is 2. The standard InChI is InChI=1S/C14H12F/c1-2-11-8-9-13(14(15)10-11)12-6-4-3-5-7-12/h3-10H,1-2H2. The van der Waals surface area contributed by atoms with Crippen molar-refractivity contribution in [1.29, 1.82) is 0 Å². The fourth-order valence-corrected chi connectivity index (χ4v) is 1.57. The van der Waals surface area contributed by atoms with E-state index in [2.05, 4.69) is 6.92 Å². The first kappa shape index (κ1) is 9.91. The predicted molar refractivity (Wildman–Crippen MR) is 60.9 cm³/mol. The molecular weight excluding hydrogens is 187 g/mol. The third-order valence-electron chi connectivity index (χ3n) is 2.41. The molecule has 0 fully saturated rings. The number of rotatable bonds is 2. The van der Waals surface area contributed by atoms with E-state index in [1.54, 1.807) is 6.07 Å². The van der Waals surface area contributed by atoms with E-state index in [0.717, 1.165) is 11.1 Å². The normalized spacial score (nSPS) is 10.3. The molecule has 1 heteroatoms. The van der Waals surface area contributed by atoms with Crippen LogP contribution in [0.25, 0.3) is 11.1 Å². The molecule has 0 bridgehead atoms. The third kappa shape index (κ3) is 2.07. The molecule has 1 radical (unpaired) electrons. The molecule has 0 aromatic heterocycles. The molecule has 0 saturated carbocycles. The van der Waals surface area contributed by atoms with E-state index in [9.17, 15) is 4.39 Å². The second-order valence-corrected chi connectivity index (χ2v) is 3.43. The highest BCUT2D eigenvalue weighted by Crippen LogP contribution is 2.23. The summed E-state index contributed by atoms with van der Waals surface area (Å²) in [5.41, 5.74) is 2.48. The van der Waals surface area contributed by atoms with Gasteiger partial charge in [-0.1, -0.05) is 42.5 Å². The van der Waals surface area contributed by atoms with Crippen LogP contribution in [0.1, 0.15) is 5.56 Å². The summed E-state index contributed by atoms with van der Waals surface area (Å²) >= 11 is 0. The molecule has 75 valence electrons. The molecule has 0 spiro atoms. The molecule has 0 amide bonds. The third-order valence-corrected chi connectivity index (χ3v) is 2.41. The van der Waals surface area contributed by atoms with Crippen molar-refractivity contribution in [2.75, 3.05) is 0 Å². The zero-order chi connectivity index (χ0) is 10.7. The monoisotopic (exact) mass is 199 g/mol. The quantitative estimate of drug-likeness (QED) is 0.688. The Hall–Kier alpha value is -1.63. The largest absolute Gasteiger partial charge is 0.206 e. The Morgan fingerprint density at radius 3 is 2.33 bits per heavy atom. The van der Waals surface area contributed by atoms with E-state index in [4.69, 9.17) is 0 Å². The van der Waals surface area contributed by atoms with Crippen LogP contribution < -0.4 is 0 Å². The molecule has 0 heterocycles. The van der Waals surface area contributed by atoms with Crippen LogP contribution in [-0.2, 0) is 6.42 Å². The lowest BCUT2D eigenvalue weighted by molar-refractivity contribution is 0.629. The summed E-state index contributed by atoms with van der Waals surface area (Å²) in [7, 11) is 0. The lowest BCUT2D eigenvalue weighted by Crippen LogP contribution is -1.87. The second-order valence-electron chi connectivity index (χ2n) is 3.43. The highest BCUT2D eigenvalue weighted by atomic mass is 19.1. The molecule has 0 aliphatic carbocycles. The number of halogens is 1. The summed E-state index contributed by atoms with van der Waals surface area (Å²) in [6.45, 7) is 3.73. The van der Waals surface area contributed by atoms with Gasteiger partial charge in [-0.2, -0.15) is 0 Å². The van der Waals surface area contributed by atoms with Crippen LogP contribution in [-0.4, -0.2) is 0 Å². The molecular formula is C14H12F. The average molecular weight is 199 g/mol. The van der Waals surface area contributed by atoms with Gasteiger partial charge in [0.1, 0.15) is 5.82 Å². The Kier molecular flexibility index (Phi) is 2.82. The topological polar surface area (TPSA) is 0 Å². The number of hydrogen-bond acceptors (Lipinski definition) is 0. The fourth-order valence-electron chi connectivity index (χ4n) is 1.57. The first-order chi connectivity index (χ1) is 7.31. The summed E-state index contributed by atoms with van der Waals surface area (Å²) in [6.07, 6.45) is 0.617. The first-order valence-electron chi connectivity index (χ1n) is 4.94. The van der Waals surface area contributed by atoms with Crippen molar-refractivity contribution in [3.8, 4) is 11.1 Å². The van der Waals surface area contributed by atoms with Crippen molar-refractivity contribution in [1.82, 2.24) is 0 Å². The summed E-state index contributed by atoms with van der Waals surface area (Å²) < 4.78 is 13.7. The van der Waals surface area contributed by atoms with Gasteiger partial charge in [-0.3, -0.25) is 0 Å². The molecule has 2 rings (SSSR count). The summed E-state index contributed by atoms with van der Waals surface area (Å²) in [5, 5.41) is 0. The minimum absolute atomic E-state index is 0.178. The molecule has 0 nitrogen and oxygen atoms in total. The molecule has 2 aromatic rings. The van der Waals surface area contributed by atoms with E-state index in [-0.39, 0.29) is 5.82 Å². The molecule has 0 atom stereocenters. The lowest BCUT2D eigenvalue weighted by Gasteiger charge is -2.04. The Balaban J connectivity index is 2.46. The summed E-state index contributed by atoms with van der Waals surface area (Å²) in [5.74, 6) is -0.178. The van der Waals surface area contributed by atoms with Crippen molar-refractivity contribution >= 4 is 0 Å². The second kappa shape index (κ2) is 4.26. The highest BCUT2D eigenvalue weighted by molar-refractivity contribution is 5.64. The maximum Gasteiger partial charge on any atom is 0.131 e. The van der Waals surface area contributed by atoms with Gasteiger partial charge in [-0.25, -0.2) is 4.39 Å². The van der Waals surface area contributed by atoms with Gasteiger partial charge in [0.15, 0.2) is 0 Å². The minimum atomic E-state index is -0.178. The Morgan fingerprint density at radius 1 is 1.00 bits per heavy atom. The average Bonchev–Trinajstić information content (AvgIpc) is 2.30. The molecule has 0 aliphatic heterocycles. The van der Waals surface area contributed by atoms with Crippen LogP contribution in [0.3, 0.4) is 0 Å². The van der Waals surface area contributed by atoms with Gasteiger partial charge >= 0.3 is 0 Å². The smallest absolute Gasteiger partial charge is 0.131 e. The van der Waals surface area contributed by atoms with Gasteiger partial charge in [-0.05, 0) is 30.5 Å². The molecule has 0 aliphatic rings. The van der Waals surface area contributed by atoms with Crippen molar-refractivity contribution in [2.24, 2.45) is 0 Å². The van der Waals surface area contributed by atoms with Gasteiger partial charge < -0.3 is 0 Å². The van der Waals surface area contributed by atoms with Crippen molar-refractivity contribution < 1.29 is 4.39 Å². The van der Waals surface area contributed by atoms with Crippen molar-refractivity contribution in [3.63, 3.8) is 0 Å². The molecule has 0 saturated heterocycles. The van der Waals surface area contributed by atoms with E-state index in [0.29, 0.717) is 12.0 Å². The SMILES string of the molecule is [CH2]Cc1ccc(-c2ccccc2)c(F)c1. The highest BCUT2D eigenvalue weighted by Gasteiger charge is 2.04. The Morgan fingerprint density at radius 2 is 1.73 bits per heavy atom. The minimum Gasteiger partial charge on any atom is -0.206 e. The van der Waals surface area contributed by atoms with Crippen molar-refractivity contribution in [2.45, 2.75) is 6.42 Å². The summed E-state index contributed by atoms with van der Waals surface area (Å²) in [6, 6.07) is 14.8. The fraction of sp³-hybridized carbons (Fsp3) is 0.0714. The Labute approximate surface area is 89.4 Å². The number of hydrogen-bond donors (Lipinski definition) is 0. The van der Waals surface area contributed by atoms with Crippen LogP contribution in [0.4, 0.5) is 4.39 Å². The van der Waals surface area contributed by atoms with E-state index >= 15 is 0 Å². The van der Waals surface area contributed by atoms with Gasteiger partial charge in [0.05, 0.1) is 0 Å². The molecule has 15 heavy (non-hydrogen) atoms. The lowest BCUT2D eigenvalue weighted by atomic mass is 10.0. The van der Waals surface area contributed by atoms with Gasteiger partial charge in [0.25, 0.3) is 0 Å². The zero-order valence-electron chi connectivity index (χ0n) is 8.41. The van der Waals surface area contributed by atoms with Gasteiger partial charge in [-0.15, -0.1) is 0 Å². The van der Waals surface area contributed by atoms with Gasteiger partial charge in [0.2, 0.25) is 0 Å². The zero-order valence-corrected chi connectivity index (χ0v) is 8.41. The Bertz CT molecular complexity index is 446. The summed E-state index contributed by atoms with van der Waals surface area (Å²) in [4.78, 5) is 0. The first-order valence-corrected chi connectivity index (χ1v) is 4.94. The molecule has 0 N–H and O–H groups in total. The predicted octanol–water partition coefficient (Wildman–Crippen LogP) is 3.87. The maximum absolute atomic E-state index is 13.7. The van der Waals surface area contributed by atoms with Crippen molar-refractivity contribution in [3.05, 3.63) is 66.8 Å². The van der Waals surface area contributed by atoms with E-state index in [1.165, 1.54) is 0 Å². The van der Waals surface area contributed by atoms with Crippen LogP contribution >= 0.6 is 0 Å². The van der Waals surface area contributed by atoms with Crippen LogP contribution in [0, 0.1) is 12.7 Å². The molecule has 0 unspecified atom stereocenters. The maximum atomic E-state index is 13.7. The van der Waals surface area contributed by atoms with E-state index in [1.807, 2.05) is 42.5 Å². The van der Waals surface area contributed by atoms with Gasteiger partial charge in [0, 0.05) is 5.56 Å². The molecule has 2 aromatic carbocycles. The van der Waals surface area contributed by atoms with Crippen LogP contribution in [0.5, 0.6) is 0 Å². The van der Waals surface area contributed by atoms with E-state index < -0.39 is 0 Å².